The molecule has 0 saturated heterocycles. The van der Waals surface area contributed by atoms with Gasteiger partial charge in [-0.25, -0.2) is 4.39 Å². The maximum Gasteiger partial charge on any atom is 0.275 e. The fourth-order valence-electron chi connectivity index (χ4n) is 3.03. The van der Waals surface area contributed by atoms with E-state index in [9.17, 15) is 9.18 Å². The molecule has 0 aromatic heterocycles. The van der Waals surface area contributed by atoms with Gasteiger partial charge in [-0.15, -0.1) is 0 Å². The Balaban J connectivity index is 1.65. The van der Waals surface area contributed by atoms with Gasteiger partial charge in [-0.05, 0) is 13.0 Å². The van der Waals surface area contributed by atoms with Crippen LogP contribution in [0, 0.1) is 12.7 Å². The van der Waals surface area contributed by atoms with E-state index in [4.69, 9.17) is 0 Å². The van der Waals surface area contributed by atoms with Gasteiger partial charge in [0, 0.05) is 23.2 Å². The van der Waals surface area contributed by atoms with Crippen LogP contribution in [-0.4, -0.2) is 12.5 Å². The number of nitrogens with one attached hydrogen (secondary N) is 1. The average molecular weight is 363 g/mol. The first kappa shape index (κ1) is 18.8. The molecule has 0 aliphatic carbocycles. The van der Waals surface area contributed by atoms with Gasteiger partial charge < -0.3 is 10.6 Å². The minimum Gasteiger partial charge on any atom is -0.347 e. The third kappa shape index (κ3) is 5.25. The van der Waals surface area contributed by atoms with Crippen molar-refractivity contribution in [3.63, 3.8) is 0 Å². The molecular formula is C23H24FN2O+. The summed E-state index contributed by atoms with van der Waals surface area (Å²) in [6.45, 7) is 2.52. The Kier molecular flexibility index (Phi) is 6.34. The molecule has 138 valence electrons. The predicted octanol–water partition coefficient (Wildman–Crippen LogP) is 3.10. The molecule has 0 aliphatic heterocycles. The minimum atomic E-state index is -0.302. The number of hydrogen-bond acceptors (Lipinski definition) is 1. The number of hydrogen-bond donors (Lipinski definition) is 2. The van der Waals surface area contributed by atoms with Crippen LogP contribution in [0.3, 0.4) is 0 Å². The highest BCUT2D eigenvalue weighted by Crippen LogP contribution is 2.18. The molecular weight excluding hydrogens is 339 g/mol. The molecule has 3 aromatic rings. The lowest BCUT2D eigenvalue weighted by Gasteiger charge is -2.17. The quantitative estimate of drug-likeness (QED) is 0.666. The van der Waals surface area contributed by atoms with Gasteiger partial charge in [0.25, 0.3) is 5.91 Å². The Hall–Kier alpha value is -2.98. The standard InChI is InChI=1S/C23H23FN2O/c1-17-11-13-19(14-12-17)23(18-7-3-2-4-8-18)26-16-22(27)25-15-20-9-5-6-10-21(20)24/h2-14,23,26H,15-16H2,1H3,(H,25,27)/p+1/t23-/m1/s1. The van der Waals surface area contributed by atoms with Gasteiger partial charge in [0.2, 0.25) is 0 Å². The molecule has 0 aliphatic rings. The average Bonchev–Trinajstić information content (AvgIpc) is 2.69. The van der Waals surface area contributed by atoms with Gasteiger partial charge in [0.15, 0.2) is 6.54 Å². The summed E-state index contributed by atoms with van der Waals surface area (Å²) < 4.78 is 13.7. The zero-order valence-electron chi connectivity index (χ0n) is 15.4. The van der Waals surface area contributed by atoms with Crippen LogP contribution in [0.15, 0.2) is 78.9 Å². The third-order valence-electron chi connectivity index (χ3n) is 4.57. The Morgan fingerprint density at radius 3 is 2.26 bits per heavy atom. The van der Waals surface area contributed by atoms with Gasteiger partial charge in [0.05, 0.1) is 0 Å². The lowest BCUT2D eigenvalue weighted by molar-refractivity contribution is -0.676. The summed E-state index contributed by atoms with van der Waals surface area (Å²) in [5, 5.41) is 4.81. The maximum atomic E-state index is 13.7. The first-order chi connectivity index (χ1) is 13.1. The van der Waals surface area contributed by atoms with Crippen molar-refractivity contribution >= 4 is 5.91 Å². The van der Waals surface area contributed by atoms with Gasteiger partial charge >= 0.3 is 0 Å². The van der Waals surface area contributed by atoms with Crippen LogP contribution in [0.1, 0.15) is 28.3 Å². The summed E-state index contributed by atoms with van der Waals surface area (Å²) in [4.78, 5) is 12.3. The normalized spacial score (nSPS) is 11.8. The van der Waals surface area contributed by atoms with E-state index in [-0.39, 0.29) is 30.9 Å². The molecule has 0 fully saturated rings. The topological polar surface area (TPSA) is 45.7 Å². The molecule has 0 bridgehead atoms. The van der Waals surface area contributed by atoms with E-state index < -0.39 is 0 Å². The van der Waals surface area contributed by atoms with Gasteiger partial charge in [-0.1, -0.05) is 78.4 Å². The number of amides is 1. The highest BCUT2D eigenvalue weighted by atomic mass is 19.1. The second-order valence-electron chi connectivity index (χ2n) is 6.61. The van der Waals surface area contributed by atoms with Crippen molar-refractivity contribution in [1.29, 1.82) is 0 Å². The van der Waals surface area contributed by atoms with Crippen LogP contribution in [-0.2, 0) is 11.3 Å². The Morgan fingerprint density at radius 1 is 0.926 bits per heavy atom. The number of halogens is 1. The Labute approximate surface area is 159 Å². The van der Waals surface area contributed by atoms with E-state index in [0.29, 0.717) is 5.56 Å². The fourth-order valence-corrected chi connectivity index (χ4v) is 3.03. The zero-order chi connectivity index (χ0) is 19.1. The lowest BCUT2D eigenvalue weighted by atomic mass is 9.98. The highest BCUT2D eigenvalue weighted by molar-refractivity contribution is 5.76. The van der Waals surface area contributed by atoms with Crippen molar-refractivity contribution in [2.45, 2.75) is 19.5 Å². The molecule has 3 N–H and O–H groups in total. The molecule has 0 heterocycles. The minimum absolute atomic E-state index is 0.0333. The number of nitrogens with two attached hydrogens (primary N) is 1. The molecule has 3 nitrogen and oxygen atoms in total. The molecule has 4 heteroatoms. The van der Waals surface area contributed by atoms with E-state index in [0.717, 1.165) is 11.1 Å². The second kappa shape index (κ2) is 9.10. The van der Waals surface area contributed by atoms with Gasteiger partial charge in [0.1, 0.15) is 11.9 Å². The molecule has 3 rings (SSSR count). The predicted molar refractivity (Wildman–Crippen MR) is 105 cm³/mol. The third-order valence-corrected chi connectivity index (χ3v) is 4.57. The molecule has 1 atom stereocenters. The number of benzene rings is 3. The van der Waals surface area contributed by atoms with E-state index in [1.165, 1.54) is 11.6 Å². The van der Waals surface area contributed by atoms with E-state index in [2.05, 4.69) is 48.6 Å². The summed E-state index contributed by atoms with van der Waals surface area (Å²) in [7, 11) is 0. The molecule has 27 heavy (non-hydrogen) atoms. The van der Waals surface area contributed by atoms with Crippen molar-refractivity contribution in [2.75, 3.05) is 6.54 Å². The molecule has 1 amide bonds. The van der Waals surface area contributed by atoms with Crippen LogP contribution < -0.4 is 10.6 Å². The Morgan fingerprint density at radius 2 is 1.56 bits per heavy atom. The van der Waals surface area contributed by atoms with Crippen molar-refractivity contribution < 1.29 is 14.5 Å². The summed E-state index contributed by atoms with van der Waals surface area (Å²) in [6.07, 6.45) is 0. The van der Waals surface area contributed by atoms with E-state index >= 15 is 0 Å². The number of carbonyl (C=O) groups is 1. The van der Waals surface area contributed by atoms with Crippen molar-refractivity contribution in [1.82, 2.24) is 5.32 Å². The SMILES string of the molecule is Cc1ccc([C@H]([NH2+]CC(=O)NCc2ccccc2F)c2ccccc2)cc1. The molecule has 0 saturated carbocycles. The van der Waals surface area contributed by atoms with Crippen LogP contribution >= 0.6 is 0 Å². The van der Waals surface area contributed by atoms with Crippen LogP contribution in [0.4, 0.5) is 4.39 Å². The molecule has 3 aromatic carbocycles. The lowest BCUT2D eigenvalue weighted by Crippen LogP contribution is -2.87. The van der Waals surface area contributed by atoms with Gasteiger partial charge in [-0.2, -0.15) is 0 Å². The summed E-state index contributed by atoms with van der Waals surface area (Å²) >= 11 is 0. The first-order valence-corrected chi connectivity index (χ1v) is 9.08. The van der Waals surface area contributed by atoms with Gasteiger partial charge in [-0.3, -0.25) is 4.79 Å². The van der Waals surface area contributed by atoms with E-state index in [1.807, 2.05) is 23.5 Å². The number of aryl methyl sites for hydroxylation is 1. The maximum absolute atomic E-state index is 13.7. The summed E-state index contributed by atoms with van der Waals surface area (Å²) in [5.74, 6) is -0.421. The number of rotatable bonds is 7. The smallest absolute Gasteiger partial charge is 0.275 e. The largest absolute Gasteiger partial charge is 0.347 e. The monoisotopic (exact) mass is 363 g/mol. The van der Waals surface area contributed by atoms with Crippen LogP contribution in [0.25, 0.3) is 0 Å². The van der Waals surface area contributed by atoms with Crippen LogP contribution in [0.2, 0.25) is 0 Å². The second-order valence-corrected chi connectivity index (χ2v) is 6.61. The van der Waals surface area contributed by atoms with E-state index in [1.54, 1.807) is 18.2 Å². The summed E-state index contributed by atoms with van der Waals surface area (Å²) in [6, 6.07) is 25.0. The number of quaternary nitrogens is 1. The van der Waals surface area contributed by atoms with Crippen molar-refractivity contribution in [2.24, 2.45) is 0 Å². The molecule has 0 radical (unpaired) electrons. The highest BCUT2D eigenvalue weighted by Gasteiger charge is 2.18. The van der Waals surface area contributed by atoms with Crippen LogP contribution in [0.5, 0.6) is 0 Å². The summed E-state index contributed by atoms with van der Waals surface area (Å²) in [5.41, 5.74) is 3.98. The first-order valence-electron chi connectivity index (χ1n) is 9.08. The van der Waals surface area contributed by atoms with Crippen molar-refractivity contribution in [3.05, 3.63) is 107 Å². The Bertz CT molecular complexity index is 878. The van der Waals surface area contributed by atoms with Crippen molar-refractivity contribution in [3.8, 4) is 0 Å². The zero-order valence-corrected chi connectivity index (χ0v) is 15.4. The molecule has 0 spiro atoms. The molecule has 0 unspecified atom stereocenters. The fraction of sp³-hybridized carbons (Fsp3) is 0.174. The number of carbonyl (C=O) groups excluding carboxylic acids is 1.